The fraction of sp³-hybridized carbons (Fsp3) is 0. The monoisotopic (exact) mass is 163 g/mol. The molecule has 0 unspecified atom stereocenters. The molecule has 8 heteroatoms. The van der Waals surface area contributed by atoms with Crippen LogP contribution in [0.25, 0.3) is 0 Å². The van der Waals surface area contributed by atoms with Gasteiger partial charge in [0.05, 0.1) is 0 Å². The predicted octanol–water partition coefficient (Wildman–Crippen LogP) is -1.59. The van der Waals surface area contributed by atoms with Crippen LogP contribution in [0.1, 0.15) is 0 Å². The molecule has 0 spiro atoms. The van der Waals surface area contributed by atoms with Crippen LogP contribution in [0.2, 0.25) is 0 Å². The molecule has 0 aromatic carbocycles. The van der Waals surface area contributed by atoms with Crippen molar-refractivity contribution in [3.8, 4) is 0 Å². The highest BCUT2D eigenvalue weighted by molar-refractivity contribution is 6.55. The molecule has 0 saturated carbocycles. The Labute approximate surface area is 54.7 Å². The smallest absolute Gasteiger partial charge is 0.626 e. The zero-order valence-corrected chi connectivity index (χ0v) is 6.77. The molecule has 1 saturated heterocycles. The van der Waals surface area contributed by atoms with Crippen LogP contribution in [0.5, 0.6) is 0 Å². The summed E-state index contributed by atoms with van der Waals surface area (Å²) in [7, 11) is -4.89. The van der Waals surface area contributed by atoms with Crippen LogP contribution in [-0.2, 0) is 20.0 Å². The van der Waals surface area contributed by atoms with Crippen molar-refractivity contribution < 1.29 is 20.0 Å². The topological polar surface area (TPSA) is 61.8 Å². The van der Waals surface area contributed by atoms with Crippen LogP contribution < -0.4 is 0 Å². The van der Waals surface area contributed by atoms with Crippen LogP contribution in [-0.4, -0.2) is 34.2 Å². The lowest BCUT2D eigenvalue weighted by Crippen LogP contribution is -2.32. The summed E-state index contributed by atoms with van der Waals surface area (Å²) in [4.78, 5) is 0. The first-order valence-electron chi connectivity index (χ1n) is 1.70. The van der Waals surface area contributed by atoms with Crippen LogP contribution in [0.15, 0.2) is 0 Å². The van der Waals surface area contributed by atoms with Gasteiger partial charge in [-0.25, -0.2) is 0 Å². The molecule has 1 aliphatic heterocycles. The molecule has 1 aliphatic rings. The van der Waals surface area contributed by atoms with Gasteiger partial charge in [0.1, 0.15) is 0 Å². The molecule has 1 radical (unpaired) electrons. The van der Waals surface area contributed by atoms with Gasteiger partial charge in [-0.2, -0.15) is 0 Å². The summed E-state index contributed by atoms with van der Waals surface area (Å²) in [5.41, 5.74) is 0. The molecule has 0 amide bonds. The number of hydrogen-bond acceptors (Lipinski definition) is 5. The molecule has 0 bridgehead atoms. The van der Waals surface area contributed by atoms with Crippen LogP contribution in [0, 0.1) is 0 Å². The van der Waals surface area contributed by atoms with E-state index in [1.807, 2.05) is 0 Å². The van der Waals surface area contributed by atoms with Crippen molar-refractivity contribution in [1.29, 1.82) is 0 Å². The molecule has 0 N–H and O–H groups in total. The largest absolute Gasteiger partial charge is 0.857 e. The van der Waals surface area contributed by atoms with Gasteiger partial charge in [0, 0.05) is 0 Å². The Hall–Kier alpha value is -0.0338. The lowest BCUT2D eigenvalue weighted by Gasteiger charge is -2.08. The van der Waals surface area contributed by atoms with Gasteiger partial charge in [-0.1, -0.05) is 0 Å². The Balaban J connectivity index is 2.45. The lowest BCUT2D eigenvalue weighted by molar-refractivity contribution is 0.238. The molecule has 1 heterocycles. The quantitative estimate of drug-likeness (QED) is 0.403. The van der Waals surface area contributed by atoms with E-state index >= 15 is 0 Å². The van der Waals surface area contributed by atoms with Gasteiger partial charge in [0.15, 0.2) is 0 Å². The van der Waals surface area contributed by atoms with Gasteiger partial charge in [0.2, 0.25) is 0 Å². The van der Waals surface area contributed by atoms with Crippen LogP contribution in [0.3, 0.4) is 0 Å². The first-order valence-corrected chi connectivity index (χ1v) is 5.09. The summed E-state index contributed by atoms with van der Waals surface area (Å²) in [6.07, 6.45) is 0. The maximum Gasteiger partial charge on any atom is 0.857 e. The zero-order chi connectivity index (χ0) is 5.98. The second-order valence-corrected chi connectivity index (χ2v) is 4.83. The van der Waals surface area contributed by atoms with Gasteiger partial charge in [-0.05, 0) is 0 Å². The van der Waals surface area contributed by atoms with Gasteiger partial charge in [-0.3, -0.25) is 8.92 Å². The lowest BCUT2D eigenvalue weighted by atomic mass is 15.6. The molecular formula is AlO5Si2. The van der Waals surface area contributed by atoms with Crippen LogP contribution >= 0.6 is 0 Å². The third-order valence-electron chi connectivity index (χ3n) is 0.455. The molecule has 1 fully saturated rings. The normalized spacial score (nSPS) is 17.5. The van der Waals surface area contributed by atoms with E-state index in [2.05, 4.69) is 11.1 Å². The molecule has 0 aliphatic carbocycles. The van der Waals surface area contributed by atoms with E-state index in [9.17, 15) is 8.92 Å². The molecule has 0 aromatic rings. The van der Waals surface area contributed by atoms with Gasteiger partial charge >= 0.3 is 34.2 Å². The minimum absolute atomic E-state index is 0.822. The third kappa shape index (κ3) is 1.48. The average Bonchev–Trinajstić information content (AvgIpc) is 1.64. The molecule has 0 atom stereocenters. The summed E-state index contributed by atoms with van der Waals surface area (Å²) in [5, 5.41) is 0. The van der Waals surface area contributed by atoms with Crippen molar-refractivity contribution in [3.05, 3.63) is 0 Å². The maximum absolute atomic E-state index is 10.2. The molecule has 41 valence electrons. The van der Waals surface area contributed by atoms with E-state index in [0.29, 0.717) is 0 Å². The fourth-order valence-electron chi connectivity index (χ4n) is 0.219. The molecule has 1 rings (SSSR count). The summed E-state index contributed by atoms with van der Waals surface area (Å²) in [6.45, 7) is 0. The summed E-state index contributed by atoms with van der Waals surface area (Å²) >= 11 is -0.822. The maximum atomic E-state index is 10.2. The first-order chi connectivity index (χ1) is 3.79. The minimum Gasteiger partial charge on any atom is -0.626 e. The van der Waals surface area contributed by atoms with E-state index in [1.54, 1.807) is 0 Å². The first kappa shape index (κ1) is 6.09. The predicted molar refractivity (Wildman–Crippen MR) is 21.9 cm³/mol. The second-order valence-electron chi connectivity index (χ2n) is 0.934. The van der Waals surface area contributed by atoms with Crippen molar-refractivity contribution in [2.75, 3.05) is 0 Å². The Morgan fingerprint density at radius 1 is 1.12 bits per heavy atom. The van der Waals surface area contributed by atoms with E-state index in [4.69, 9.17) is 0 Å². The molecular weight excluding hydrogens is 163 g/mol. The van der Waals surface area contributed by atoms with Gasteiger partial charge in [0.25, 0.3) is 0 Å². The Morgan fingerprint density at radius 2 is 1.62 bits per heavy atom. The molecule has 0 aromatic heterocycles. The van der Waals surface area contributed by atoms with E-state index < -0.39 is 34.2 Å². The highest BCUT2D eigenvalue weighted by Gasteiger charge is 2.30. The minimum atomic E-state index is -2.45. The highest BCUT2D eigenvalue weighted by atomic mass is 28.4. The van der Waals surface area contributed by atoms with E-state index in [0.717, 1.165) is 0 Å². The Bertz CT molecular complexity index is 116. The SMILES string of the molecule is O=[Si]1[O][Al][O][Si](=O)O1. The molecule has 5 nitrogen and oxygen atoms in total. The van der Waals surface area contributed by atoms with E-state index in [-0.39, 0.29) is 0 Å². The standard InChI is InChI=1S/Al.O5Si2/c;1-6(2)5-7(3)4/q+2;-2. The van der Waals surface area contributed by atoms with Crippen molar-refractivity contribution in [1.82, 2.24) is 0 Å². The van der Waals surface area contributed by atoms with Crippen molar-refractivity contribution >= 4 is 34.2 Å². The van der Waals surface area contributed by atoms with Gasteiger partial charge in [-0.15, -0.1) is 0 Å². The Morgan fingerprint density at radius 3 is 1.88 bits per heavy atom. The number of hydrogen-bond donors (Lipinski definition) is 0. The summed E-state index contributed by atoms with van der Waals surface area (Å²) in [6, 6.07) is 0. The van der Waals surface area contributed by atoms with Gasteiger partial charge < -0.3 is 11.1 Å². The van der Waals surface area contributed by atoms with Crippen molar-refractivity contribution in [2.45, 2.75) is 0 Å². The summed E-state index contributed by atoms with van der Waals surface area (Å²) in [5.74, 6) is 0. The average molecular weight is 163 g/mol. The summed E-state index contributed by atoms with van der Waals surface area (Å²) < 4.78 is 33.2. The second kappa shape index (κ2) is 2.50. The molecule has 8 heavy (non-hydrogen) atoms. The highest BCUT2D eigenvalue weighted by Crippen LogP contribution is 1.87. The number of rotatable bonds is 0. The van der Waals surface area contributed by atoms with E-state index in [1.165, 1.54) is 0 Å². The van der Waals surface area contributed by atoms with Crippen molar-refractivity contribution in [2.24, 2.45) is 0 Å². The van der Waals surface area contributed by atoms with Crippen molar-refractivity contribution in [3.63, 3.8) is 0 Å². The fourth-order valence-corrected chi connectivity index (χ4v) is 3.27. The van der Waals surface area contributed by atoms with Crippen LogP contribution in [0.4, 0.5) is 0 Å². The third-order valence-corrected chi connectivity index (χ3v) is 4.10. The Kier molecular flexibility index (Phi) is 1.90. The zero-order valence-electron chi connectivity index (χ0n) is 3.62.